The van der Waals surface area contributed by atoms with Crippen LogP contribution in [0.1, 0.15) is 21.6 Å². The first-order valence-corrected chi connectivity index (χ1v) is 13.8. The van der Waals surface area contributed by atoms with E-state index in [0.717, 1.165) is 12.0 Å². The van der Waals surface area contributed by atoms with E-state index in [4.69, 9.17) is 27.9 Å². The van der Waals surface area contributed by atoms with Gasteiger partial charge in [-0.3, -0.25) is 4.79 Å². The molecule has 4 rings (SSSR count). The first-order valence-electron chi connectivity index (χ1n) is 11.5. The van der Waals surface area contributed by atoms with Crippen LogP contribution in [0.25, 0.3) is 0 Å². The molecule has 0 atom stereocenters. The van der Waals surface area contributed by atoms with Crippen LogP contribution in [0.4, 0.5) is 5.95 Å². The zero-order chi connectivity index (χ0) is 27.1. The van der Waals surface area contributed by atoms with E-state index < -0.39 is 15.9 Å². The van der Waals surface area contributed by atoms with Gasteiger partial charge in [-0.15, -0.1) is 0 Å². The molecular weight excluding hydrogens is 547 g/mol. The number of carbonyl (C=O) groups is 1. The number of hydrogen-bond donors (Lipinski definition) is 1. The molecule has 1 N–H and O–H groups in total. The molecule has 0 spiro atoms. The molecule has 1 amide bonds. The Hall–Kier alpha value is -3.66. The van der Waals surface area contributed by atoms with Gasteiger partial charge in [0.15, 0.2) is 0 Å². The van der Waals surface area contributed by atoms with E-state index >= 15 is 0 Å². The maximum atomic E-state index is 13.1. The lowest BCUT2D eigenvalue weighted by Crippen LogP contribution is -2.32. The average molecular weight is 571 g/mol. The minimum absolute atomic E-state index is 0.00858. The van der Waals surface area contributed by atoms with Crippen LogP contribution in [0.15, 0.2) is 90.0 Å². The fourth-order valence-electron chi connectivity index (χ4n) is 3.51. The highest BCUT2D eigenvalue weighted by molar-refractivity contribution is 7.90. The maximum Gasteiger partial charge on any atom is 0.268 e. The Kier molecular flexibility index (Phi) is 8.83. The molecule has 196 valence electrons. The van der Waals surface area contributed by atoms with Gasteiger partial charge in [-0.05, 0) is 48.4 Å². The van der Waals surface area contributed by atoms with Crippen molar-refractivity contribution in [3.05, 3.63) is 112 Å². The highest BCUT2D eigenvalue weighted by Crippen LogP contribution is 2.22. The molecule has 11 heteroatoms. The molecule has 0 saturated carbocycles. The summed E-state index contributed by atoms with van der Waals surface area (Å²) in [5, 5.41) is 0.539. The molecule has 0 aliphatic rings. The monoisotopic (exact) mass is 570 g/mol. The molecule has 3 aromatic carbocycles. The largest absolute Gasteiger partial charge is 0.487 e. The van der Waals surface area contributed by atoms with Crippen molar-refractivity contribution in [2.75, 3.05) is 18.5 Å². The smallest absolute Gasteiger partial charge is 0.268 e. The Labute approximate surface area is 231 Å². The number of carbonyl (C=O) groups excluding carboxylic acids is 1. The molecule has 1 aromatic heterocycles. The molecule has 4 aromatic rings. The predicted molar refractivity (Wildman–Crippen MR) is 147 cm³/mol. The average Bonchev–Trinajstić information content (AvgIpc) is 2.91. The Morgan fingerprint density at radius 2 is 1.66 bits per heavy atom. The van der Waals surface area contributed by atoms with Gasteiger partial charge < -0.3 is 9.64 Å². The number of sulfonamides is 1. The van der Waals surface area contributed by atoms with Crippen molar-refractivity contribution in [3.8, 4) is 5.75 Å². The molecule has 0 saturated heterocycles. The first-order chi connectivity index (χ1) is 18.2. The lowest BCUT2D eigenvalue weighted by molar-refractivity contribution is 0.0978. The van der Waals surface area contributed by atoms with Gasteiger partial charge in [0.05, 0.1) is 16.3 Å². The molecule has 0 aliphatic carbocycles. The highest BCUT2D eigenvalue weighted by Gasteiger charge is 2.24. The lowest BCUT2D eigenvalue weighted by atomic mass is 10.1. The predicted octanol–water partition coefficient (Wildman–Crippen LogP) is 5.16. The zero-order valence-electron chi connectivity index (χ0n) is 20.3. The summed E-state index contributed by atoms with van der Waals surface area (Å²) < 4.78 is 33.6. The van der Waals surface area contributed by atoms with Gasteiger partial charge in [0.2, 0.25) is 5.95 Å². The zero-order valence-corrected chi connectivity index (χ0v) is 22.7. The van der Waals surface area contributed by atoms with Gasteiger partial charge in [0.1, 0.15) is 17.3 Å². The number of ether oxygens (including phenoxy) is 1. The van der Waals surface area contributed by atoms with Crippen LogP contribution in [-0.4, -0.2) is 37.9 Å². The van der Waals surface area contributed by atoms with Crippen molar-refractivity contribution >= 4 is 45.1 Å². The highest BCUT2D eigenvalue weighted by atomic mass is 35.5. The molecular formula is C27H24Cl2N4O4S. The van der Waals surface area contributed by atoms with Gasteiger partial charge in [-0.2, -0.15) is 0 Å². The van der Waals surface area contributed by atoms with Crippen molar-refractivity contribution < 1.29 is 17.9 Å². The van der Waals surface area contributed by atoms with E-state index in [0.29, 0.717) is 23.3 Å². The fraction of sp³-hybridized carbons (Fsp3) is 0.148. The van der Waals surface area contributed by atoms with Crippen LogP contribution in [0.3, 0.4) is 0 Å². The number of benzene rings is 3. The van der Waals surface area contributed by atoms with Gasteiger partial charge in [0, 0.05) is 24.8 Å². The third-order valence-electron chi connectivity index (χ3n) is 5.56. The van der Waals surface area contributed by atoms with E-state index in [1.54, 1.807) is 30.3 Å². The normalized spacial score (nSPS) is 11.1. The topological polar surface area (TPSA) is 101 Å². The summed E-state index contributed by atoms with van der Waals surface area (Å²) in [5.74, 6) is -0.0405. The van der Waals surface area contributed by atoms with E-state index in [9.17, 15) is 13.2 Å². The number of nitrogens with zero attached hydrogens (tertiary/aromatic N) is 3. The minimum atomic E-state index is -4.25. The summed E-state index contributed by atoms with van der Waals surface area (Å²) >= 11 is 12.0. The SMILES string of the molecule is CN(CCc1ccccc1)c1ncc(C(=O)NS(=O)(=O)c2ccccc2Cl)c(COc2ccc(Cl)cc2)n1. The fourth-order valence-corrected chi connectivity index (χ4v) is 5.12. The molecule has 0 aliphatic heterocycles. The van der Waals surface area contributed by atoms with Gasteiger partial charge >= 0.3 is 0 Å². The Bertz CT molecular complexity index is 1520. The van der Waals surface area contributed by atoms with Crippen LogP contribution in [-0.2, 0) is 23.1 Å². The molecule has 38 heavy (non-hydrogen) atoms. The molecule has 0 unspecified atom stereocenters. The summed E-state index contributed by atoms with van der Waals surface area (Å²) in [7, 11) is -2.41. The van der Waals surface area contributed by atoms with E-state index in [1.807, 2.05) is 42.3 Å². The van der Waals surface area contributed by atoms with Crippen LogP contribution >= 0.6 is 23.2 Å². The summed E-state index contributed by atoms with van der Waals surface area (Å²) in [6.07, 6.45) is 2.05. The number of likely N-dealkylation sites (N-methyl/N-ethyl adjacent to an activating group) is 1. The summed E-state index contributed by atoms with van der Waals surface area (Å²) in [6.45, 7) is 0.506. The molecule has 1 heterocycles. The van der Waals surface area contributed by atoms with E-state index in [1.165, 1.54) is 24.4 Å². The van der Waals surface area contributed by atoms with Gasteiger partial charge in [0.25, 0.3) is 15.9 Å². The number of aromatic nitrogens is 2. The molecule has 8 nitrogen and oxygen atoms in total. The minimum Gasteiger partial charge on any atom is -0.487 e. The molecule has 0 bridgehead atoms. The Morgan fingerprint density at radius 3 is 2.37 bits per heavy atom. The van der Waals surface area contributed by atoms with E-state index in [2.05, 4.69) is 14.7 Å². The van der Waals surface area contributed by atoms with Crippen molar-refractivity contribution in [1.82, 2.24) is 14.7 Å². The van der Waals surface area contributed by atoms with Crippen molar-refractivity contribution in [2.24, 2.45) is 0 Å². The number of amides is 1. The maximum absolute atomic E-state index is 13.1. The van der Waals surface area contributed by atoms with E-state index in [-0.39, 0.29) is 27.8 Å². The number of rotatable bonds is 10. The number of nitrogens with one attached hydrogen (secondary N) is 1. The first kappa shape index (κ1) is 27.4. The van der Waals surface area contributed by atoms with Crippen LogP contribution < -0.4 is 14.4 Å². The summed E-state index contributed by atoms with van der Waals surface area (Å²) in [6, 6.07) is 22.5. The van der Waals surface area contributed by atoms with Gasteiger partial charge in [-0.1, -0.05) is 65.7 Å². The van der Waals surface area contributed by atoms with Crippen LogP contribution in [0, 0.1) is 0 Å². The third kappa shape index (κ3) is 7.00. The van der Waals surface area contributed by atoms with Gasteiger partial charge in [-0.25, -0.2) is 23.1 Å². The number of anilines is 1. The number of halogens is 2. The lowest BCUT2D eigenvalue weighted by Gasteiger charge is -2.19. The quantitative estimate of drug-likeness (QED) is 0.281. The molecule has 0 radical (unpaired) electrons. The van der Waals surface area contributed by atoms with Crippen molar-refractivity contribution in [1.29, 1.82) is 0 Å². The Balaban J connectivity index is 1.58. The van der Waals surface area contributed by atoms with Crippen LogP contribution in [0.5, 0.6) is 5.75 Å². The van der Waals surface area contributed by atoms with Crippen LogP contribution in [0.2, 0.25) is 10.0 Å². The second kappa shape index (κ2) is 12.3. The summed E-state index contributed by atoms with van der Waals surface area (Å²) in [4.78, 5) is 23.6. The molecule has 0 fully saturated rings. The van der Waals surface area contributed by atoms with Crippen molar-refractivity contribution in [3.63, 3.8) is 0 Å². The van der Waals surface area contributed by atoms with Crippen molar-refractivity contribution in [2.45, 2.75) is 17.9 Å². The second-order valence-electron chi connectivity index (χ2n) is 8.30. The third-order valence-corrected chi connectivity index (χ3v) is 7.64. The summed E-state index contributed by atoms with van der Waals surface area (Å²) in [5.41, 5.74) is 1.32. The standard InChI is InChI=1S/C27H24Cl2N4O4S/c1-33(16-15-19-7-3-2-4-8-19)27-30-17-22(24(31-27)18-37-21-13-11-20(28)12-14-21)26(34)32-38(35,36)25-10-6-5-9-23(25)29/h2-14,17H,15-16,18H2,1H3,(H,32,34). The number of hydrogen-bond acceptors (Lipinski definition) is 7. The second-order valence-corrected chi connectivity index (χ2v) is 10.8. The Morgan fingerprint density at radius 1 is 0.974 bits per heavy atom.